The van der Waals surface area contributed by atoms with Crippen LogP contribution in [-0.2, 0) is 11.2 Å². The maximum Gasteiger partial charge on any atom is 0.303 e. The maximum atomic E-state index is 12.9. The first-order chi connectivity index (χ1) is 12.4. The number of carbonyl (C=O) groups is 2. The number of benzene rings is 1. The Morgan fingerprint density at radius 2 is 2.00 bits per heavy atom. The van der Waals surface area contributed by atoms with E-state index in [0.29, 0.717) is 12.1 Å². The van der Waals surface area contributed by atoms with Gasteiger partial charge in [-0.3, -0.25) is 14.0 Å². The molecule has 1 aromatic carbocycles. The van der Waals surface area contributed by atoms with E-state index in [1.165, 1.54) is 18.3 Å². The number of anilines is 1. The number of rotatable bonds is 6. The Labute approximate surface area is 146 Å². The fourth-order valence-corrected chi connectivity index (χ4v) is 2.45. The van der Waals surface area contributed by atoms with E-state index in [9.17, 15) is 18.4 Å². The summed E-state index contributed by atoms with van der Waals surface area (Å²) in [5.74, 6) is -1.93. The van der Waals surface area contributed by atoms with Gasteiger partial charge in [-0.1, -0.05) is 12.1 Å². The Kier molecular flexibility index (Phi) is 4.87. The summed E-state index contributed by atoms with van der Waals surface area (Å²) in [5.41, 5.74) is 1.62. The van der Waals surface area contributed by atoms with Crippen molar-refractivity contribution in [3.63, 3.8) is 0 Å². The molecule has 0 saturated heterocycles. The van der Waals surface area contributed by atoms with Crippen molar-refractivity contribution in [2.75, 3.05) is 5.32 Å². The number of halogens is 2. The number of aliphatic carboxylic acids is 1. The molecule has 2 heterocycles. The van der Waals surface area contributed by atoms with E-state index < -0.39 is 24.1 Å². The minimum absolute atomic E-state index is 0.0158. The molecule has 0 saturated carbocycles. The van der Waals surface area contributed by atoms with E-state index in [1.807, 2.05) is 0 Å². The van der Waals surface area contributed by atoms with Gasteiger partial charge in [-0.15, -0.1) is 10.2 Å². The molecule has 3 aromatic rings. The number of fused-ring (bicyclic) bond motifs is 1. The number of hydrogen-bond acceptors (Lipinski definition) is 4. The van der Waals surface area contributed by atoms with Crippen molar-refractivity contribution in [1.29, 1.82) is 0 Å². The zero-order valence-electron chi connectivity index (χ0n) is 13.4. The van der Waals surface area contributed by atoms with Crippen molar-refractivity contribution in [3.8, 4) is 0 Å². The maximum absolute atomic E-state index is 12.9. The SMILES string of the molecule is O=C(O)CCc1cccc(NC(=O)c2ccc3nnc(C(F)F)n3c2)c1. The summed E-state index contributed by atoms with van der Waals surface area (Å²) >= 11 is 0. The second-order valence-electron chi connectivity index (χ2n) is 5.55. The van der Waals surface area contributed by atoms with Gasteiger partial charge in [0.25, 0.3) is 12.3 Å². The van der Waals surface area contributed by atoms with Crippen molar-refractivity contribution >= 4 is 23.2 Å². The van der Waals surface area contributed by atoms with Gasteiger partial charge in [0.05, 0.1) is 5.56 Å². The molecule has 2 aromatic heterocycles. The zero-order valence-corrected chi connectivity index (χ0v) is 13.4. The van der Waals surface area contributed by atoms with E-state index in [1.54, 1.807) is 24.3 Å². The summed E-state index contributed by atoms with van der Waals surface area (Å²) in [7, 11) is 0. The highest BCUT2D eigenvalue weighted by atomic mass is 19.3. The highest BCUT2D eigenvalue weighted by Crippen LogP contribution is 2.19. The summed E-state index contributed by atoms with van der Waals surface area (Å²) in [5, 5.41) is 18.4. The molecular formula is C17H14F2N4O3. The Morgan fingerprint density at radius 1 is 1.19 bits per heavy atom. The lowest BCUT2D eigenvalue weighted by molar-refractivity contribution is -0.136. The number of nitrogens with zero attached hydrogens (tertiary/aromatic N) is 3. The predicted molar refractivity (Wildman–Crippen MR) is 88.3 cm³/mol. The molecule has 134 valence electrons. The molecular weight excluding hydrogens is 346 g/mol. The summed E-state index contributed by atoms with van der Waals surface area (Å²) in [4.78, 5) is 23.0. The van der Waals surface area contributed by atoms with Crippen LogP contribution >= 0.6 is 0 Å². The van der Waals surface area contributed by atoms with Crippen LogP contribution in [0.25, 0.3) is 5.65 Å². The average Bonchev–Trinajstić information content (AvgIpc) is 3.03. The van der Waals surface area contributed by atoms with Crippen LogP contribution in [-0.4, -0.2) is 31.6 Å². The van der Waals surface area contributed by atoms with E-state index >= 15 is 0 Å². The fourth-order valence-electron chi connectivity index (χ4n) is 2.45. The van der Waals surface area contributed by atoms with Gasteiger partial charge >= 0.3 is 5.97 Å². The standard InChI is InChI=1S/C17H14F2N4O3/c18-15(19)16-22-21-13-6-5-11(9-23(13)16)17(26)20-12-3-1-2-10(8-12)4-7-14(24)25/h1-3,5-6,8-9,15H,4,7H2,(H,20,26)(H,24,25). The molecule has 9 heteroatoms. The smallest absolute Gasteiger partial charge is 0.303 e. The lowest BCUT2D eigenvalue weighted by atomic mass is 10.1. The minimum Gasteiger partial charge on any atom is -0.481 e. The lowest BCUT2D eigenvalue weighted by Crippen LogP contribution is -2.13. The molecule has 2 N–H and O–H groups in total. The van der Waals surface area contributed by atoms with Gasteiger partial charge in [-0.25, -0.2) is 8.78 Å². The van der Waals surface area contributed by atoms with E-state index in [2.05, 4.69) is 15.5 Å². The third-order valence-electron chi connectivity index (χ3n) is 3.70. The molecule has 0 aliphatic heterocycles. The van der Waals surface area contributed by atoms with Gasteiger partial charge in [0, 0.05) is 18.3 Å². The number of carboxylic acids is 1. The number of pyridine rings is 1. The topological polar surface area (TPSA) is 96.6 Å². The molecule has 0 spiro atoms. The second-order valence-corrected chi connectivity index (χ2v) is 5.55. The number of hydrogen-bond donors (Lipinski definition) is 2. The number of alkyl halides is 2. The van der Waals surface area contributed by atoms with E-state index in [-0.39, 0.29) is 17.6 Å². The van der Waals surface area contributed by atoms with Gasteiger partial charge in [0.2, 0.25) is 5.82 Å². The van der Waals surface area contributed by atoms with Crippen LogP contribution in [0.1, 0.15) is 34.6 Å². The Bertz CT molecular complexity index is 972. The van der Waals surface area contributed by atoms with Gasteiger partial charge in [0.15, 0.2) is 5.65 Å². The summed E-state index contributed by atoms with van der Waals surface area (Å²) in [6.45, 7) is 0. The second kappa shape index (κ2) is 7.26. The molecule has 7 nitrogen and oxygen atoms in total. The molecule has 0 fully saturated rings. The largest absolute Gasteiger partial charge is 0.481 e. The van der Waals surface area contributed by atoms with Gasteiger partial charge < -0.3 is 10.4 Å². The van der Waals surface area contributed by atoms with Crippen LogP contribution < -0.4 is 5.32 Å². The summed E-state index contributed by atoms with van der Waals surface area (Å²) in [6, 6.07) is 9.67. The number of aryl methyl sites for hydroxylation is 1. The minimum atomic E-state index is -2.81. The Balaban J connectivity index is 1.79. The van der Waals surface area contributed by atoms with Crippen molar-refractivity contribution in [2.24, 2.45) is 0 Å². The van der Waals surface area contributed by atoms with Crippen LogP contribution in [0.4, 0.5) is 14.5 Å². The zero-order chi connectivity index (χ0) is 18.7. The number of nitrogens with one attached hydrogen (secondary N) is 1. The Morgan fingerprint density at radius 3 is 2.73 bits per heavy atom. The highest BCUT2D eigenvalue weighted by Gasteiger charge is 2.17. The highest BCUT2D eigenvalue weighted by molar-refractivity contribution is 6.04. The van der Waals surface area contributed by atoms with Crippen LogP contribution in [0.15, 0.2) is 42.6 Å². The van der Waals surface area contributed by atoms with Crippen LogP contribution in [0.2, 0.25) is 0 Å². The van der Waals surface area contributed by atoms with Crippen molar-refractivity contribution in [2.45, 2.75) is 19.3 Å². The quantitative estimate of drug-likeness (QED) is 0.704. The first kappa shape index (κ1) is 17.5. The van der Waals surface area contributed by atoms with Crippen LogP contribution in [0.5, 0.6) is 0 Å². The fraction of sp³-hybridized carbons (Fsp3) is 0.176. The first-order valence-corrected chi connectivity index (χ1v) is 7.69. The lowest BCUT2D eigenvalue weighted by Gasteiger charge is -2.08. The molecule has 0 radical (unpaired) electrons. The average molecular weight is 360 g/mol. The number of carbonyl (C=O) groups excluding carboxylic acids is 1. The first-order valence-electron chi connectivity index (χ1n) is 7.69. The van der Waals surface area contributed by atoms with Crippen LogP contribution in [0.3, 0.4) is 0 Å². The molecule has 0 unspecified atom stereocenters. The molecule has 0 bridgehead atoms. The van der Waals surface area contributed by atoms with E-state index in [0.717, 1.165) is 9.96 Å². The predicted octanol–water partition coefficient (Wildman–Crippen LogP) is 2.94. The van der Waals surface area contributed by atoms with Crippen molar-refractivity contribution < 1.29 is 23.5 Å². The third-order valence-corrected chi connectivity index (χ3v) is 3.70. The molecule has 0 atom stereocenters. The monoisotopic (exact) mass is 360 g/mol. The number of amides is 1. The molecule has 3 rings (SSSR count). The molecule has 1 amide bonds. The summed E-state index contributed by atoms with van der Waals surface area (Å²) < 4.78 is 26.9. The third kappa shape index (κ3) is 3.82. The van der Waals surface area contributed by atoms with E-state index in [4.69, 9.17) is 5.11 Å². The normalized spacial score (nSPS) is 11.0. The summed E-state index contributed by atoms with van der Waals surface area (Å²) in [6.07, 6.45) is -1.24. The van der Waals surface area contributed by atoms with Gasteiger partial charge in [0.1, 0.15) is 0 Å². The number of carboxylic acid groups (broad SMARTS) is 1. The van der Waals surface area contributed by atoms with Gasteiger partial charge in [-0.2, -0.15) is 0 Å². The van der Waals surface area contributed by atoms with Crippen molar-refractivity contribution in [1.82, 2.24) is 14.6 Å². The Hall–Kier alpha value is -3.36. The molecule has 0 aliphatic carbocycles. The number of aromatic nitrogens is 3. The van der Waals surface area contributed by atoms with Gasteiger partial charge in [-0.05, 0) is 36.2 Å². The van der Waals surface area contributed by atoms with Crippen LogP contribution in [0, 0.1) is 0 Å². The molecule has 0 aliphatic rings. The van der Waals surface area contributed by atoms with Crippen molar-refractivity contribution in [3.05, 3.63) is 59.5 Å². The molecule has 26 heavy (non-hydrogen) atoms.